The van der Waals surface area contributed by atoms with E-state index < -0.39 is 5.82 Å². The molecule has 3 rings (SSSR count). The Morgan fingerprint density at radius 1 is 1.16 bits per heavy atom. The predicted molar refractivity (Wildman–Crippen MR) is 74.6 cm³/mol. The number of hydrogen-bond donors (Lipinski definition) is 1. The van der Waals surface area contributed by atoms with Crippen LogP contribution in [0, 0.1) is 5.82 Å². The molecular formula is C14H16Cl2FNO. The molecule has 1 aromatic rings. The molecule has 2 aliphatic heterocycles. The molecule has 0 radical (unpaired) electrons. The number of halogens is 3. The van der Waals surface area contributed by atoms with Gasteiger partial charge in [-0.25, -0.2) is 4.39 Å². The molecule has 19 heavy (non-hydrogen) atoms. The minimum Gasteiger partial charge on any atom is -0.487 e. The maximum atomic E-state index is 14.0. The molecule has 2 aliphatic rings. The van der Waals surface area contributed by atoms with E-state index in [2.05, 4.69) is 5.32 Å². The normalized spacial score (nSPS) is 30.2. The standard InChI is InChI=1S/C14H16Cl2FNO/c15-11-4-5-12(14(17)13(11)16)19-10-6-8-2-1-3-9(7-10)18-8/h4-5,8-10,18H,1-3,6-7H2. The van der Waals surface area contributed by atoms with Crippen molar-refractivity contribution in [3.05, 3.63) is 28.0 Å². The van der Waals surface area contributed by atoms with E-state index in [0.29, 0.717) is 12.1 Å². The van der Waals surface area contributed by atoms with E-state index in [1.165, 1.54) is 19.3 Å². The van der Waals surface area contributed by atoms with Gasteiger partial charge < -0.3 is 10.1 Å². The predicted octanol–water partition coefficient (Wildman–Crippen LogP) is 4.18. The van der Waals surface area contributed by atoms with Gasteiger partial charge in [0.1, 0.15) is 6.10 Å². The van der Waals surface area contributed by atoms with E-state index in [1.807, 2.05) is 0 Å². The highest BCUT2D eigenvalue weighted by molar-refractivity contribution is 6.42. The van der Waals surface area contributed by atoms with E-state index in [4.69, 9.17) is 27.9 Å². The minimum absolute atomic E-state index is 0.0586. The van der Waals surface area contributed by atoms with Crippen molar-refractivity contribution in [2.45, 2.75) is 50.3 Å². The summed E-state index contributed by atoms with van der Waals surface area (Å²) in [7, 11) is 0. The highest BCUT2D eigenvalue weighted by atomic mass is 35.5. The van der Waals surface area contributed by atoms with Gasteiger partial charge in [0.2, 0.25) is 0 Å². The maximum Gasteiger partial charge on any atom is 0.185 e. The first-order valence-corrected chi connectivity index (χ1v) is 7.45. The third kappa shape index (κ3) is 2.83. The van der Waals surface area contributed by atoms with Crippen LogP contribution in [0.5, 0.6) is 5.75 Å². The van der Waals surface area contributed by atoms with Gasteiger partial charge in [-0.2, -0.15) is 0 Å². The molecule has 104 valence electrons. The fourth-order valence-electron chi connectivity index (χ4n) is 3.09. The van der Waals surface area contributed by atoms with Gasteiger partial charge in [0.15, 0.2) is 11.6 Å². The molecule has 0 aromatic heterocycles. The Morgan fingerprint density at radius 3 is 2.53 bits per heavy atom. The summed E-state index contributed by atoms with van der Waals surface area (Å²) in [6.45, 7) is 0. The third-order valence-corrected chi connectivity index (χ3v) is 4.75. The minimum atomic E-state index is -0.558. The van der Waals surface area contributed by atoms with Crippen molar-refractivity contribution in [2.24, 2.45) is 0 Å². The second-order valence-corrected chi connectivity index (χ2v) is 6.16. The molecule has 2 nitrogen and oxygen atoms in total. The molecule has 2 fully saturated rings. The fourth-order valence-corrected chi connectivity index (χ4v) is 3.39. The van der Waals surface area contributed by atoms with Gasteiger partial charge in [0.05, 0.1) is 10.0 Å². The van der Waals surface area contributed by atoms with E-state index in [9.17, 15) is 4.39 Å². The zero-order valence-electron chi connectivity index (χ0n) is 10.5. The summed E-state index contributed by atoms with van der Waals surface area (Å²) < 4.78 is 19.8. The largest absolute Gasteiger partial charge is 0.487 e. The first kappa shape index (κ1) is 13.5. The number of piperidine rings is 2. The number of ether oxygens (including phenoxy) is 1. The van der Waals surface area contributed by atoms with Crippen LogP contribution in [0.3, 0.4) is 0 Å². The van der Waals surface area contributed by atoms with E-state index >= 15 is 0 Å². The number of benzene rings is 1. The highest BCUT2D eigenvalue weighted by Crippen LogP contribution is 2.34. The lowest BCUT2D eigenvalue weighted by atomic mass is 9.85. The second-order valence-electron chi connectivity index (χ2n) is 5.38. The van der Waals surface area contributed by atoms with Crippen LogP contribution >= 0.6 is 23.2 Å². The van der Waals surface area contributed by atoms with Crippen LogP contribution in [-0.2, 0) is 0 Å². The van der Waals surface area contributed by atoms with Gasteiger partial charge in [0.25, 0.3) is 0 Å². The van der Waals surface area contributed by atoms with E-state index in [0.717, 1.165) is 12.8 Å². The molecule has 1 aromatic carbocycles. The number of hydrogen-bond acceptors (Lipinski definition) is 2. The van der Waals surface area contributed by atoms with E-state index in [-0.39, 0.29) is 21.9 Å². The van der Waals surface area contributed by atoms with Gasteiger partial charge in [0, 0.05) is 12.1 Å². The quantitative estimate of drug-likeness (QED) is 0.827. The molecule has 0 amide bonds. The molecule has 0 aliphatic carbocycles. The first-order chi connectivity index (χ1) is 9.13. The van der Waals surface area contributed by atoms with E-state index in [1.54, 1.807) is 12.1 Å². The smallest absolute Gasteiger partial charge is 0.185 e. The van der Waals surface area contributed by atoms with Crippen molar-refractivity contribution in [3.63, 3.8) is 0 Å². The van der Waals surface area contributed by atoms with Crippen molar-refractivity contribution in [3.8, 4) is 5.75 Å². The number of fused-ring (bicyclic) bond motifs is 2. The van der Waals surface area contributed by atoms with Crippen LogP contribution in [0.15, 0.2) is 12.1 Å². The summed E-state index contributed by atoms with van der Waals surface area (Å²) in [4.78, 5) is 0. The Hall–Kier alpha value is -0.510. The molecule has 5 heteroatoms. The summed E-state index contributed by atoms with van der Waals surface area (Å²) in [5.74, 6) is -0.350. The fraction of sp³-hybridized carbons (Fsp3) is 0.571. The Balaban J connectivity index is 1.73. The zero-order chi connectivity index (χ0) is 13.4. The second kappa shape index (κ2) is 5.47. The van der Waals surface area contributed by atoms with Gasteiger partial charge in [-0.05, 0) is 37.8 Å². The average Bonchev–Trinajstić information content (AvgIpc) is 2.39. The van der Waals surface area contributed by atoms with Gasteiger partial charge in [-0.1, -0.05) is 29.6 Å². The molecule has 0 saturated carbocycles. The van der Waals surface area contributed by atoms with Crippen LogP contribution in [0.2, 0.25) is 10.0 Å². The van der Waals surface area contributed by atoms with Gasteiger partial charge >= 0.3 is 0 Å². The topological polar surface area (TPSA) is 21.3 Å². The van der Waals surface area contributed by atoms with Crippen LogP contribution < -0.4 is 10.1 Å². The summed E-state index contributed by atoms with van der Waals surface area (Å²) in [5, 5.41) is 3.74. The molecular weight excluding hydrogens is 288 g/mol. The van der Waals surface area contributed by atoms with Crippen LogP contribution in [0.25, 0.3) is 0 Å². The lowest BCUT2D eigenvalue weighted by Crippen LogP contribution is -2.51. The molecule has 2 heterocycles. The Labute approximate surface area is 122 Å². The molecule has 2 bridgehead atoms. The van der Waals surface area contributed by atoms with Gasteiger partial charge in [-0.15, -0.1) is 0 Å². The summed E-state index contributed by atoms with van der Waals surface area (Å²) in [6.07, 6.45) is 5.55. The van der Waals surface area contributed by atoms with Crippen molar-refractivity contribution >= 4 is 23.2 Å². The van der Waals surface area contributed by atoms with Crippen LogP contribution in [0.4, 0.5) is 4.39 Å². The lowest BCUT2D eigenvalue weighted by Gasteiger charge is -2.40. The number of nitrogens with one attached hydrogen (secondary N) is 1. The zero-order valence-corrected chi connectivity index (χ0v) is 12.0. The SMILES string of the molecule is Fc1c(OC2CC3CCCC(C2)N3)ccc(Cl)c1Cl. The molecule has 2 saturated heterocycles. The monoisotopic (exact) mass is 303 g/mol. The number of rotatable bonds is 2. The summed E-state index contributed by atoms with van der Waals surface area (Å²) in [6, 6.07) is 4.14. The Bertz CT molecular complexity index is 471. The highest BCUT2D eigenvalue weighted by Gasteiger charge is 2.32. The molecule has 2 atom stereocenters. The maximum absolute atomic E-state index is 14.0. The third-order valence-electron chi connectivity index (χ3n) is 3.96. The Kier molecular flexibility index (Phi) is 3.88. The van der Waals surface area contributed by atoms with Crippen LogP contribution in [-0.4, -0.2) is 18.2 Å². The molecule has 0 spiro atoms. The molecule has 1 N–H and O–H groups in total. The van der Waals surface area contributed by atoms with Crippen molar-refractivity contribution < 1.29 is 9.13 Å². The average molecular weight is 304 g/mol. The lowest BCUT2D eigenvalue weighted by molar-refractivity contribution is 0.0893. The summed E-state index contributed by atoms with van der Waals surface area (Å²) in [5.41, 5.74) is 0. The summed E-state index contributed by atoms with van der Waals surface area (Å²) >= 11 is 11.6. The molecule has 2 unspecified atom stereocenters. The first-order valence-electron chi connectivity index (χ1n) is 6.69. The van der Waals surface area contributed by atoms with Crippen molar-refractivity contribution in [1.82, 2.24) is 5.32 Å². The van der Waals surface area contributed by atoms with Crippen molar-refractivity contribution in [1.29, 1.82) is 0 Å². The van der Waals surface area contributed by atoms with Crippen LogP contribution in [0.1, 0.15) is 32.1 Å². The van der Waals surface area contributed by atoms with Crippen molar-refractivity contribution in [2.75, 3.05) is 0 Å². The Morgan fingerprint density at radius 2 is 1.84 bits per heavy atom. The van der Waals surface area contributed by atoms with Gasteiger partial charge in [-0.3, -0.25) is 0 Å².